The molecule has 0 aromatic carbocycles. The number of nitrogens with zero attached hydrogens (tertiary/aromatic N) is 2. The fourth-order valence-electron chi connectivity index (χ4n) is 1.82. The molecule has 0 saturated carbocycles. The molecule has 0 bridgehead atoms. The number of halogens is 1. The number of carbonyl (C=O) groups is 1. The molecule has 0 aromatic rings. The van der Waals surface area contributed by atoms with Gasteiger partial charge in [0.05, 0.1) is 13.0 Å². The lowest BCUT2D eigenvalue weighted by Gasteiger charge is -2.23. The van der Waals surface area contributed by atoms with E-state index in [9.17, 15) is 9.18 Å². The molecule has 1 amide bonds. The normalized spacial score (nSPS) is 24.8. The number of rotatable bonds is 4. The molecule has 1 N–H and O–H groups in total. The van der Waals surface area contributed by atoms with Gasteiger partial charge in [-0.15, -0.1) is 0 Å². The van der Waals surface area contributed by atoms with E-state index in [0.717, 1.165) is 0 Å². The van der Waals surface area contributed by atoms with Crippen LogP contribution in [0.2, 0.25) is 0 Å². The van der Waals surface area contributed by atoms with Gasteiger partial charge in [0.2, 0.25) is 5.91 Å². The van der Waals surface area contributed by atoms with Crippen molar-refractivity contribution in [3.8, 4) is 0 Å². The van der Waals surface area contributed by atoms with Crippen LogP contribution in [0.4, 0.5) is 4.39 Å². The van der Waals surface area contributed by atoms with Crippen molar-refractivity contribution >= 4 is 5.91 Å². The summed E-state index contributed by atoms with van der Waals surface area (Å²) in [6.45, 7) is 10.7. The average Bonchev–Trinajstić information content (AvgIpc) is 2.67. The molecule has 0 aromatic heterocycles. The van der Waals surface area contributed by atoms with E-state index in [-0.39, 0.29) is 37.3 Å². The summed E-state index contributed by atoms with van der Waals surface area (Å²) in [5, 5.41) is 9.08. The lowest BCUT2D eigenvalue weighted by Crippen LogP contribution is -2.35. The van der Waals surface area contributed by atoms with Gasteiger partial charge in [0, 0.05) is 13.0 Å². The monoisotopic (exact) mass is 242 g/mol. The van der Waals surface area contributed by atoms with Crippen molar-refractivity contribution in [2.24, 2.45) is 5.41 Å². The molecule has 1 saturated heterocycles. The van der Waals surface area contributed by atoms with Gasteiger partial charge in [-0.3, -0.25) is 14.5 Å². The van der Waals surface area contributed by atoms with Crippen LogP contribution in [0.25, 0.3) is 4.85 Å². The molecule has 5 heteroatoms. The van der Waals surface area contributed by atoms with Crippen LogP contribution in [0, 0.1) is 12.0 Å². The van der Waals surface area contributed by atoms with Crippen molar-refractivity contribution < 1.29 is 14.3 Å². The summed E-state index contributed by atoms with van der Waals surface area (Å²) in [5.41, 5.74) is -0.307. The van der Waals surface area contributed by atoms with Gasteiger partial charge in [0.1, 0.15) is 6.17 Å². The SMILES string of the molecule is [C-]#[N+][C@@H]1C[C@H](F)CN1C(=O)CCC(C)(C)CO. The van der Waals surface area contributed by atoms with Crippen molar-refractivity contribution in [1.82, 2.24) is 4.90 Å². The van der Waals surface area contributed by atoms with E-state index in [0.29, 0.717) is 6.42 Å². The molecule has 1 aliphatic rings. The summed E-state index contributed by atoms with van der Waals surface area (Å²) in [4.78, 5) is 16.5. The molecule has 0 spiro atoms. The Morgan fingerprint density at radius 1 is 1.65 bits per heavy atom. The maximum Gasteiger partial charge on any atom is 0.303 e. The van der Waals surface area contributed by atoms with Gasteiger partial charge in [-0.05, 0) is 11.8 Å². The number of amides is 1. The number of likely N-dealkylation sites (tertiary alicyclic amines) is 1. The van der Waals surface area contributed by atoms with Crippen molar-refractivity contribution in [2.75, 3.05) is 13.2 Å². The molecular formula is C12H19FN2O2. The number of alkyl halides is 1. The molecule has 0 aliphatic carbocycles. The number of hydrogen-bond donors (Lipinski definition) is 1. The van der Waals surface area contributed by atoms with E-state index in [1.54, 1.807) is 0 Å². The summed E-state index contributed by atoms with van der Waals surface area (Å²) >= 11 is 0. The first-order valence-corrected chi connectivity index (χ1v) is 5.80. The van der Waals surface area contributed by atoms with Crippen molar-refractivity contribution in [3.05, 3.63) is 11.4 Å². The van der Waals surface area contributed by atoms with E-state index in [2.05, 4.69) is 4.85 Å². The summed E-state index contributed by atoms with van der Waals surface area (Å²) in [6, 6.07) is 0. The first-order valence-electron chi connectivity index (χ1n) is 5.80. The van der Waals surface area contributed by atoms with Crippen LogP contribution in [0.3, 0.4) is 0 Å². The Hall–Kier alpha value is -1.15. The zero-order chi connectivity index (χ0) is 13.1. The smallest absolute Gasteiger partial charge is 0.303 e. The van der Waals surface area contributed by atoms with Gasteiger partial charge in [0.25, 0.3) is 0 Å². The number of hydrogen-bond acceptors (Lipinski definition) is 2. The first-order chi connectivity index (χ1) is 7.89. The first kappa shape index (κ1) is 13.9. The topological polar surface area (TPSA) is 44.9 Å². The molecule has 1 rings (SSSR count). The average molecular weight is 242 g/mol. The summed E-state index contributed by atoms with van der Waals surface area (Å²) < 4.78 is 13.1. The molecule has 1 aliphatic heterocycles. The molecule has 1 fully saturated rings. The van der Waals surface area contributed by atoms with E-state index < -0.39 is 12.3 Å². The Labute approximate surface area is 101 Å². The Morgan fingerprint density at radius 3 is 2.82 bits per heavy atom. The summed E-state index contributed by atoms with van der Waals surface area (Å²) in [6.07, 6.45) is -0.801. The number of aliphatic hydroxyl groups is 1. The third-order valence-electron chi connectivity index (χ3n) is 3.13. The zero-order valence-corrected chi connectivity index (χ0v) is 10.3. The van der Waals surface area contributed by atoms with Gasteiger partial charge in [-0.1, -0.05) is 13.8 Å². The van der Waals surface area contributed by atoms with E-state index in [1.165, 1.54) is 4.90 Å². The Kier molecular flexibility index (Phi) is 4.47. The molecule has 0 unspecified atom stereocenters. The quantitative estimate of drug-likeness (QED) is 0.761. The fraction of sp³-hybridized carbons (Fsp3) is 0.833. The molecule has 0 radical (unpaired) electrons. The van der Waals surface area contributed by atoms with Crippen molar-refractivity contribution in [3.63, 3.8) is 0 Å². The van der Waals surface area contributed by atoms with Crippen LogP contribution in [0.5, 0.6) is 0 Å². The van der Waals surface area contributed by atoms with Gasteiger partial charge < -0.3 is 5.11 Å². The molecule has 1 heterocycles. The lowest BCUT2D eigenvalue weighted by molar-refractivity contribution is -0.132. The fourth-order valence-corrected chi connectivity index (χ4v) is 1.82. The van der Waals surface area contributed by atoms with E-state index in [1.807, 2.05) is 13.8 Å². The minimum absolute atomic E-state index is 0.0122. The second-order valence-electron chi connectivity index (χ2n) is 5.31. The molecule has 96 valence electrons. The highest BCUT2D eigenvalue weighted by Gasteiger charge is 2.39. The van der Waals surface area contributed by atoms with E-state index >= 15 is 0 Å². The summed E-state index contributed by atoms with van der Waals surface area (Å²) in [7, 11) is 0. The zero-order valence-electron chi connectivity index (χ0n) is 10.3. The van der Waals surface area contributed by atoms with Crippen LogP contribution >= 0.6 is 0 Å². The third-order valence-corrected chi connectivity index (χ3v) is 3.13. The van der Waals surface area contributed by atoms with Crippen LogP contribution in [-0.2, 0) is 4.79 Å². The van der Waals surface area contributed by atoms with Gasteiger partial charge >= 0.3 is 6.17 Å². The van der Waals surface area contributed by atoms with Crippen molar-refractivity contribution in [2.45, 2.75) is 45.4 Å². The third kappa shape index (κ3) is 3.67. The predicted octanol–water partition coefficient (Wildman–Crippen LogP) is 1.60. The maximum absolute atomic E-state index is 13.1. The second-order valence-corrected chi connectivity index (χ2v) is 5.31. The minimum Gasteiger partial charge on any atom is -0.396 e. The van der Waals surface area contributed by atoms with Gasteiger partial charge in [-0.2, -0.15) is 0 Å². The Bertz CT molecular complexity index is 325. The van der Waals surface area contributed by atoms with Crippen LogP contribution in [-0.4, -0.2) is 41.4 Å². The highest BCUT2D eigenvalue weighted by Crippen LogP contribution is 2.26. The van der Waals surface area contributed by atoms with Crippen LogP contribution < -0.4 is 0 Å². The van der Waals surface area contributed by atoms with Gasteiger partial charge in [0.15, 0.2) is 0 Å². The molecule has 4 nitrogen and oxygen atoms in total. The predicted molar refractivity (Wildman–Crippen MR) is 61.7 cm³/mol. The van der Waals surface area contributed by atoms with Crippen LogP contribution in [0.1, 0.15) is 33.1 Å². The summed E-state index contributed by atoms with van der Waals surface area (Å²) in [5.74, 6) is -0.187. The van der Waals surface area contributed by atoms with E-state index in [4.69, 9.17) is 11.7 Å². The maximum atomic E-state index is 13.1. The highest BCUT2D eigenvalue weighted by molar-refractivity contribution is 5.77. The largest absolute Gasteiger partial charge is 0.396 e. The highest BCUT2D eigenvalue weighted by atomic mass is 19.1. The standard InChI is InChI=1S/C12H19FN2O2/c1-12(2,8-16)5-4-11(17)15-7-9(13)6-10(15)14-3/h9-10,16H,4-8H2,1-2H3/t9-,10-/m0/s1. The van der Waals surface area contributed by atoms with Gasteiger partial charge in [-0.25, -0.2) is 11.0 Å². The molecular weight excluding hydrogens is 223 g/mol. The van der Waals surface area contributed by atoms with Crippen molar-refractivity contribution in [1.29, 1.82) is 0 Å². The number of aliphatic hydroxyl groups excluding tert-OH is 1. The lowest BCUT2D eigenvalue weighted by atomic mass is 9.89. The minimum atomic E-state index is -1.08. The Balaban J connectivity index is 2.51. The molecule has 17 heavy (non-hydrogen) atoms. The number of carbonyl (C=O) groups excluding carboxylic acids is 1. The Morgan fingerprint density at radius 2 is 2.29 bits per heavy atom. The second kappa shape index (κ2) is 5.46. The molecule has 2 atom stereocenters. The van der Waals surface area contributed by atoms with Crippen LogP contribution in [0.15, 0.2) is 0 Å².